The van der Waals surface area contributed by atoms with E-state index in [2.05, 4.69) is 5.32 Å². The first-order chi connectivity index (χ1) is 8.35. The van der Waals surface area contributed by atoms with E-state index in [4.69, 9.17) is 21.1 Å². The SMILES string of the molecule is CC(C)(C)OC(=O)Nc1cc([C@H]2CO2)ccc1Cl. The molecule has 0 bridgehead atoms. The molecule has 1 aromatic carbocycles. The van der Waals surface area contributed by atoms with Gasteiger partial charge in [0.2, 0.25) is 0 Å². The summed E-state index contributed by atoms with van der Waals surface area (Å²) in [5.41, 5.74) is 1.01. The van der Waals surface area contributed by atoms with Crippen LogP contribution in [0.15, 0.2) is 18.2 Å². The number of benzene rings is 1. The van der Waals surface area contributed by atoms with Gasteiger partial charge in [0.05, 0.1) is 17.3 Å². The number of ether oxygens (including phenoxy) is 2. The monoisotopic (exact) mass is 269 g/mol. The number of carbonyl (C=O) groups is 1. The summed E-state index contributed by atoms with van der Waals surface area (Å²) >= 11 is 6.03. The van der Waals surface area contributed by atoms with Crippen LogP contribution in [-0.2, 0) is 9.47 Å². The van der Waals surface area contributed by atoms with Gasteiger partial charge in [0.25, 0.3) is 0 Å². The van der Waals surface area contributed by atoms with Crippen molar-refractivity contribution in [1.82, 2.24) is 0 Å². The zero-order valence-electron chi connectivity index (χ0n) is 10.6. The summed E-state index contributed by atoms with van der Waals surface area (Å²) in [6.07, 6.45) is -0.389. The lowest BCUT2D eigenvalue weighted by atomic mass is 10.1. The molecule has 1 saturated heterocycles. The normalized spacial score (nSPS) is 18.3. The van der Waals surface area contributed by atoms with Crippen LogP contribution in [0.4, 0.5) is 10.5 Å². The number of epoxide rings is 1. The Morgan fingerprint density at radius 1 is 1.50 bits per heavy atom. The summed E-state index contributed by atoms with van der Waals surface area (Å²) in [5, 5.41) is 3.12. The van der Waals surface area contributed by atoms with Crippen molar-refractivity contribution in [2.45, 2.75) is 32.5 Å². The minimum atomic E-state index is -0.534. The predicted octanol–water partition coefficient (Wildman–Crippen LogP) is 3.76. The number of rotatable bonds is 2. The molecule has 1 fully saturated rings. The van der Waals surface area contributed by atoms with Crippen LogP contribution in [0.2, 0.25) is 5.02 Å². The molecule has 0 spiro atoms. The maximum atomic E-state index is 11.7. The van der Waals surface area contributed by atoms with Crippen molar-refractivity contribution in [3.63, 3.8) is 0 Å². The topological polar surface area (TPSA) is 50.9 Å². The Kier molecular flexibility index (Phi) is 3.50. The van der Waals surface area contributed by atoms with Crippen LogP contribution in [0.1, 0.15) is 32.4 Å². The highest BCUT2D eigenvalue weighted by atomic mass is 35.5. The molecular formula is C13H16ClNO3. The van der Waals surface area contributed by atoms with Gasteiger partial charge >= 0.3 is 6.09 Å². The third-order valence-corrected chi connectivity index (χ3v) is 2.66. The van der Waals surface area contributed by atoms with Crippen LogP contribution in [-0.4, -0.2) is 18.3 Å². The Morgan fingerprint density at radius 3 is 2.72 bits per heavy atom. The van der Waals surface area contributed by atoms with Gasteiger partial charge in [0.15, 0.2) is 0 Å². The van der Waals surface area contributed by atoms with E-state index in [9.17, 15) is 4.79 Å². The van der Waals surface area contributed by atoms with Crippen molar-refractivity contribution >= 4 is 23.4 Å². The van der Waals surface area contributed by atoms with Crippen molar-refractivity contribution in [2.24, 2.45) is 0 Å². The molecule has 1 aliphatic heterocycles. The second-order valence-electron chi connectivity index (χ2n) is 5.19. The third-order valence-electron chi connectivity index (χ3n) is 2.33. The van der Waals surface area contributed by atoms with Crippen molar-refractivity contribution in [1.29, 1.82) is 0 Å². The van der Waals surface area contributed by atoms with Crippen LogP contribution < -0.4 is 5.32 Å². The highest BCUT2D eigenvalue weighted by Crippen LogP contribution is 2.34. The van der Waals surface area contributed by atoms with E-state index in [1.807, 2.05) is 32.9 Å². The molecule has 4 nitrogen and oxygen atoms in total. The van der Waals surface area contributed by atoms with Crippen molar-refractivity contribution in [2.75, 3.05) is 11.9 Å². The van der Waals surface area contributed by atoms with Gasteiger partial charge in [-0.3, -0.25) is 5.32 Å². The van der Waals surface area contributed by atoms with Gasteiger partial charge in [-0.15, -0.1) is 0 Å². The Balaban J connectivity index is 2.08. The Hall–Kier alpha value is -1.26. The number of carbonyl (C=O) groups excluding carboxylic acids is 1. The first-order valence-corrected chi connectivity index (χ1v) is 6.14. The molecule has 1 atom stereocenters. The predicted molar refractivity (Wildman–Crippen MR) is 70.0 cm³/mol. The van der Waals surface area contributed by atoms with Gasteiger partial charge in [0, 0.05) is 0 Å². The van der Waals surface area contributed by atoms with E-state index in [0.717, 1.165) is 5.56 Å². The van der Waals surface area contributed by atoms with Crippen LogP contribution in [0, 0.1) is 0 Å². The standard InChI is InChI=1S/C13H16ClNO3/c1-13(2,3)18-12(16)15-10-6-8(11-7-17-11)4-5-9(10)14/h4-6,11H,7H2,1-3H3,(H,15,16)/t11-/m1/s1. The number of hydrogen-bond donors (Lipinski definition) is 1. The summed E-state index contributed by atoms with van der Waals surface area (Å²) < 4.78 is 10.4. The average Bonchev–Trinajstić information content (AvgIpc) is 3.01. The Morgan fingerprint density at radius 2 is 2.17 bits per heavy atom. The third kappa shape index (κ3) is 3.62. The fourth-order valence-electron chi connectivity index (χ4n) is 1.49. The first-order valence-electron chi connectivity index (χ1n) is 5.76. The zero-order chi connectivity index (χ0) is 13.3. The van der Waals surface area contributed by atoms with E-state index in [-0.39, 0.29) is 6.10 Å². The summed E-state index contributed by atoms with van der Waals surface area (Å²) in [4.78, 5) is 11.7. The molecule has 1 N–H and O–H groups in total. The average molecular weight is 270 g/mol. The van der Waals surface area contributed by atoms with Gasteiger partial charge in [-0.1, -0.05) is 17.7 Å². The second kappa shape index (κ2) is 4.78. The molecule has 0 unspecified atom stereocenters. The first kappa shape index (κ1) is 13.2. The molecule has 0 aliphatic carbocycles. The lowest BCUT2D eigenvalue weighted by Crippen LogP contribution is -2.27. The molecule has 0 aromatic heterocycles. The molecular weight excluding hydrogens is 254 g/mol. The fourth-order valence-corrected chi connectivity index (χ4v) is 1.66. The van der Waals surface area contributed by atoms with Crippen LogP contribution in [0.25, 0.3) is 0 Å². The minimum Gasteiger partial charge on any atom is -0.444 e. The molecule has 1 heterocycles. The molecule has 2 rings (SSSR count). The lowest BCUT2D eigenvalue weighted by Gasteiger charge is -2.20. The van der Waals surface area contributed by atoms with Gasteiger partial charge in [-0.25, -0.2) is 4.79 Å². The van der Waals surface area contributed by atoms with E-state index in [0.29, 0.717) is 17.3 Å². The molecule has 5 heteroatoms. The van der Waals surface area contributed by atoms with Gasteiger partial charge in [0.1, 0.15) is 11.7 Å². The van der Waals surface area contributed by atoms with Gasteiger partial charge in [-0.2, -0.15) is 0 Å². The highest BCUT2D eigenvalue weighted by molar-refractivity contribution is 6.33. The zero-order valence-corrected chi connectivity index (χ0v) is 11.4. The molecule has 18 heavy (non-hydrogen) atoms. The van der Waals surface area contributed by atoms with E-state index in [1.165, 1.54) is 0 Å². The smallest absolute Gasteiger partial charge is 0.412 e. The number of hydrogen-bond acceptors (Lipinski definition) is 3. The Labute approximate surface area is 111 Å². The summed E-state index contributed by atoms with van der Waals surface area (Å²) in [5.74, 6) is 0. The lowest BCUT2D eigenvalue weighted by molar-refractivity contribution is 0.0636. The molecule has 98 valence electrons. The maximum absolute atomic E-state index is 11.7. The van der Waals surface area contributed by atoms with Crippen LogP contribution >= 0.6 is 11.6 Å². The largest absolute Gasteiger partial charge is 0.444 e. The van der Waals surface area contributed by atoms with Crippen LogP contribution in [0.5, 0.6) is 0 Å². The van der Waals surface area contributed by atoms with Crippen LogP contribution in [0.3, 0.4) is 0 Å². The van der Waals surface area contributed by atoms with Gasteiger partial charge in [-0.05, 0) is 38.5 Å². The van der Waals surface area contributed by atoms with E-state index >= 15 is 0 Å². The number of halogens is 1. The molecule has 0 saturated carbocycles. The summed E-state index contributed by atoms with van der Waals surface area (Å²) in [7, 11) is 0. The molecule has 1 aliphatic rings. The fraction of sp³-hybridized carbons (Fsp3) is 0.462. The quantitative estimate of drug-likeness (QED) is 0.832. The van der Waals surface area contributed by atoms with Crippen molar-refractivity contribution < 1.29 is 14.3 Å². The van der Waals surface area contributed by atoms with E-state index in [1.54, 1.807) is 6.07 Å². The molecule has 1 amide bonds. The highest BCUT2D eigenvalue weighted by Gasteiger charge is 2.25. The summed E-state index contributed by atoms with van der Waals surface area (Å²) in [6.45, 7) is 6.14. The van der Waals surface area contributed by atoms with Gasteiger partial charge < -0.3 is 9.47 Å². The van der Waals surface area contributed by atoms with Crippen molar-refractivity contribution in [3.8, 4) is 0 Å². The Bertz CT molecular complexity index is 464. The second-order valence-corrected chi connectivity index (χ2v) is 5.60. The summed E-state index contributed by atoms with van der Waals surface area (Å²) in [6, 6.07) is 5.44. The number of amides is 1. The maximum Gasteiger partial charge on any atom is 0.412 e. The minimum absolute atomic E-state index is 0.126. The van der Waals surface area contributed by atoms with Crippen molar-refractivity contribution in [3.05, 3.63) is 28.8 Å². The van der Waals surface area contributed by atoms with E-state index < -0.39 is 11.7 Å². The number of anilines is 1. The molecule has 0 radical (unpaired) electrons. The molecule has 1 aromatic rings. The number of nitrogens with one attached hydrogen (secondary N) is 1.